The van der Waals surface area contributed by atoms with Gasteiger partial charge in [-0.25, -0.2) is 9.18 Å². The standard InChI is InChI=1S/C26H31FN4O5/c1-3-28-26(34)30-17-8-11-22-19(12-17)25(33)31(2)21-10-9-18(36-23(21)15-35-22)13-24(32)29-14-16-6-4-5-7-20(16)27/h4-8,11-12,18,21,23H,3,9-10,13-15H2,1-2H3,(H,29,32)(H2,28,30,34)/t18-,21+,23+/m0/s1. The van der Waals surface area contributed by atoms with Crippen molar-refractivity contribution in [2.75, 3.05) is 25.5 Å². The lowest BCUT2D eigenvalue weighted by molar-refractivity contribution is -0.134. The van der Waals surface area contributed by atoms with Gasteiger partial charge in [-0.05, 0) is 44.0 Å². The van der Waals surface area contributed by atoms with E-state index in [1.165, 1.54) is 6.07 Å². The SMILES string of the molecule is CCNC(=O)Nc1ccc2c(c1)C(=O)N(C)[C@@H]1CC[C@@H](CC(=O)NCc3ccccc3F)O[C@@H]1CO2. The predicted octanol–water partition coefficient (Wildman–Crippen LogP) is 3.05. The van der Waals surface area contributed by atoms with E-state index in [0.717, 1.165) is 0 Å². The highest BCUT2D eigenvalue weighted by molar-refractivity contribution is 5.99. The van der Waals surface area contributed by atoms with E-state index in [4.69, 9.17) is 9.47 Å². The Labute approximate surface area is 209 Å². The summed E-state index contributed by atoms with van der Waals surface area (Å²) in [5.41, 5.74) is 1.27. The Morgan fingerprint density at radius 1 is 1.14 bits per heavy atom. The van der Waals surface area contributed by atoms with Crippen molar-refractivity contribution in [1.82, 2.24) is 15.5 Å². The first kappa shape index (κ1) is 25.4. The van der Waals surface area contributed by atoms with Crippen LogP contribution in [-0.2, 0) is 16.1 Å². The lowest BCUT2D eigenvalue weighted by Crippen LogP contribution is -2.53. The summed E-state index contributed by atoms with van der Waals surface area (Å²) in [6, 6.07) is 10.7. The number of hydrogen-bond acceptors (Lipinski definition) is 5. The highest BCUT2D eigenvalue weighted by Gasteiger charge is 2.39. The van der Waals surface area contributed by atoms with Crippen LogP contribution < -0.4 is 20.7 Å². The molecule has 3 atom stereocenters. The average molecular weight is 499 g/mol. The van der Waals surface area contributed by atoms with Gasteiger partial charge in [0.2, 0.25) is 5.91 Å². The minimum Gasteiger partial charge on any atom is -0.490 e. The van der Waals surface area contributed by atoms with Crippen molar-refractivity contribution < 1.29 is 28.2 Å². The van der Waals surface area contributed by atoms with E-state index in [0.29, 0.717) is 42.0 Å². The minimum atomic E-state index is -0.404. The molecule has 2 aromatic carbocycles. The molecular formula is C26H31FN4O5. The summed E-state index contributed by atoms with van der Waals surface area (Å²) >= 11 is 0. The molecule has 3 N–H and O–H groups in total. The third-order valence-electron chi connectivity index (χ3n) is 6.45. The number of fused-ring (bicyclic) bond motifs is 2. The van der Waals surface area contributed by atoms with Gasteiger partial charge in [-0.2, -0.15) is 0 Å². The summed E-state index contributed by atoms with van der Waals surface area (Å²) in [6.07, 6.45) is 0.645. The molecule has 2 aromatic rings. The molecule has 0 bridgehead atoms. The minimum absolute atomic E-state index is 0.109. The summed E-state index contributed by atoms with van der Waals surface area (Å²) in [5, 5.41) is 8.11. The maximum Gasteiger partial charge on any atom is 0.319 e. The Hall–Kier alpha value is -3.66. The topological polar surface area (TPSA) is 109 Å². The third kappa shape index (κ3) is 5.93. The molecule has 10 heteroatoms. The molecule has 192 valence electrons. The van der Waals surface area contributed by atoms with E-state index in [1.807, 2.05) is 6.92 Å². The van der Waals surface area contributed by atoms with Crippen LogP contribution in [0.1, 0.15) is 42.1 Å². The van der Waals surface area contributed by atoms with Crippen molar-refractivity contribution in [2.45, 2.75) is 51.0 Å². The lowest BCUT2D eigenvalue weighted by Gasteiger charge is -2.42. The second kappa shape index (κ2) is 11.4. The Morgan fingerprint density at radius 2 is 1.94 bits per heavy atom. The number of carbonyl (C=O) groups excluding carboxylic acids is 3. The van der Waals surface area contributed by atoms with E-state index < -0.39 is 6.10 Å². The second-order valence-electron chi connectivity index (χ2n) is 8.94. The number of amides is 4. The number of hydrogen-bond donors (Lipinski definition) is 3. The monoisotopic (exact) mass is 498 g/mol. The van der Waals surface area contributed by atoms with E-state index in [-0.39, 0.29) is 55.4 Å². The molecule has 9 nitrogen and oxygen atoms in total. The normalized spacial score (nSPS) is 21.2. The van der Waals surface area contributed by atoms with E-state index in [1.54, 1.807) is 48.3 Å². The zero-order chi connectivity index (χ0) is 25.7. The van der Waals surface area contributed by atoms with Gasteiger partial charge in [0, 0.05) is 31.4 Å². The number of anilines is 1. The highest BCUT2D eigenvalue weighted by atomic mass is 19.1. The maximum atomic E-state index is 13.8. The number of likely N-dealkylation sites (N-methyl/N-ethyl adjacent to an activating group) is 1. The molecule has 2 aliphatic heterocycles. The molecular weight excluding hydrogens is 467 g/mol. The van der Waals surface area contributed by atoms with Crippen LogP contribution in [0.15, 0.2) is 42.5 Å². The molecule has 0 spiro atoms. The molecule has 0 saturated carbocycles. The van der Waals surface area contributed by atoms with Gasteiger partial charge < -0.3 is 30.3 Å². The number of benzene rings is 2. The third-order valence-corrected chi connectivity index (χ3v) is 6.45. The summed E-state index contributed by atoms with van der Waals surface area (Å²) in [6.45, 7) is 2.63. The van der Waals surface area contributed by atoms with Crippen molar-refractivity contribution >= 4 is 23.5 Å². The molecule has 36 heavy (non-hydrogen) atoms. The van der Waals surface area contributed by atoms with E-state index in [2.05, 4.69) is 16.0 Å². The smallest absolute Gasteiger partial charge is 0.319 e. The van der Waals surface area contributed by atoms with Gasteiger partial charge >= 0.3 is 6.03 Å². The van der Waals surface area contributed by atoms with Crippen LogP contribution in [0.5, 0.6) is 5.75 Å². The Morgan fingerprint density at radius 3 is 2.72 bits per heavy atom. The highest BCUT2D eigenvalue weighted by Crippen LogP contribution is 2.32. The number of rotatable bonds is 6. The summed E-state index contributed by atoms with van der Waals surface area (Å²) in [5.74, 6) is -0.416. The number of halogens is 1. The van der Waals surface area contributed by atoms with Gasteiger partial charge in [0.1, 0.15) is 24.3 Å². The van der Waals surface area contributed by atoms with E-state index >= 15 is 0 Å². The van der Waals surface area contributed by atoms with Crippen LogP contribution in [0.25, 0.3) is 0 Å². The van der Waals surface area contributed by atoms with Gasteiger partial charge in [0.25, 0.3) is 5.91 Å². The molecule has 0 aromatic heterocycles. The fourth-order valence-electron chi connectivity index (χ4n) is 4.56. The van der Waals surface area contributed by atoms with Gasteiger partial charge in [-0.1, -0.05) is 18.2 Å². The molecule has 1 fully saturated rings. The number of carbonyl (C=O) groups is 3. The van der Waals surface area contributed by atoms with Crippen molar-refractivity contribution in [2.24, 2.45) is 0 Å². The number of ether oxygens (including phenoxy) is 2. The Kier molecular flexibility index (Phi) is 8.04. The van der Waals surface area contributed by atoms with Crippen molar-refractivity contribution in [1.29, 1.82) is 0 Å². The molecule has 0 unspecified atom stereocenters. The van der Waals surface area contributed by atoms with Crippen molar-refractivity contribution in [3.63, 3.8) is 0 Å². The van der Waals surface area contributed by atoms with E-state index in [9.17, 15) is 18.8 Å². The molecule has 4 amide bonds. The summed E-state index contributed by atoms with van der Waals surface area (Å²) < 4.78 is 25.9. The first-order valence-corrected chi connectivity index (χ1v) is 12.1. The zero-order valence-corrected chi connectivity index (χ0v) is 20.4. The molecule has 0 aliphatic carbocycles. The fourth-order valence-corrected chi connectivity index (χ4v) is 4.56. The number of nitrogens with zero attached hydrogens (tertiary/aromatic N) is 1. The fraction of sp³-hybridized carbons (Fsp3) is 0.423. The molecule has 2 heterocycles. The van der Waals surface area contributed by atoms with Crippen LogP contribution in [0.2, 0.25) is 0 Å². The zero-order valence-electron chi connectivity index (χ0n) is 20.4. The van der Waals surface area contributed by atoms with Gasteiger partial charge in [0.15, 0.2) is 0 Å². The van der Waals surface area contributed by atoms with Crippen LogP contribution in [0.3, 0.4) is 0 Å². The summed E-state index contributed by atoms with van der Waals surface area (Å²) in [4.78, 5) is 39.3. The van der Waals surface area contributed by atoms with Gasteiger partial charge in [-0.15, -0.1) is 0 Å². The van der Waals surface area contributed by atoms with Crippen molar-refractivity contribution in [3.05, 3.63) is 59.4 Å². The van der Waals surface area contributed by atoms with Crippen LogP contribution in [-0.4, -0.2) is 61.2 Å². The number of urea groups is 1. The van der Waals surface area contributed by atoms with Gasteiger partial charge in [-0.3, -0.25) is 9.59 Å². The maximum absolute atomic E-state index is 13.8. The summed E-state index contributed by atoms with van der Waals surface area (Å²) in [7, 11) is 1.73. The van der Waals surface area contributed by atoms with Gasteiger partial charge in [0.05, 0.1) is 24.1 Å². The quantitative estimate of drug-likeness (QED) is 0.567. The van der Waals surface area contributed by atoms with Crippen LogP contribution in [0, 0.1) is 5.82 Å². The first-order valence-electron chi connectivity index (χ1n) is 12.1. The molecule has 4 rings (SSSR count). The first-order chi connectivity index (χ1) is 17.4. The Balaban J connectivity index is 1.38. The lowest BCUT2D eigenvalue weighted by atomic mass is 9.94. The predicted molar refractivity (Wildman–Crippen MR) is 131 cm³/mol. The molecule has 2 aliphatic rings. The molecule has 1 saturated heterocycles. The largest absolute Gasteiger partial charge is 0.490 e. The number of nitrogens with one attached hydrogen (secondary N) is 3. The van der Waals surface area contributed by atoms with Crippen LogP contribution >= 0.6 is 0 Å². The Bertz CT molecular complexity index is 1130. The van der Waals surface area contributed by atoms with Crippen molar-refractivity contribution in [3.8, 4) is 5.75 Å². The van der Waals surface area contributed by atoms with Crippen LogP contribution in [0.4, 0.5) is 14.9 Å². The second-order valence-corrected chi connectivity index (χ2v) is 8.94. The molecule has 0 radical (unpaired) electrons. The average Bonchev–Trinajstić information content (AvgIpc) is 2.86.